The number of hydrogen-bond acceptors (Lipinski definition) is 10. The summed E-state index contributed by atoms with van der Waals surface area (Å²) >= 11 is 0. The van der Waals surface area contributed by atoms with Crippen molar-refractivity contribution in [2.75, 3.05) is 6.61 Å². The van der Waals surface area contributed by atoms with E-state index in [0.717, 1.165) is 16.7 Å². The highest BCUT2D eigenvalue weighted by Gasteiger charge is 2.78. The second kappa shape index (κ2) is 11.1. The zero-order chi connectivity index (χ0) is 33.5. The molecule has 250 valence electrons. The van der Waals surface area contributed by atoms with Gasteiger partial charge in [-0.3, -0.25) is 14.4 Å². The first-order chi connectivity index (χ1) is 22.3. The molecule has 4 fully saturated rings. The first-order valence-corrected chi connectivity index (χ1v) is 16.4. The van der Waals surface area contributed by atoms with Gasteiger partial charge in [0.05, 0.1) is 30.8 Å². The topological polar surface area (TPSA) is 128 Å². The lowest BCUT2D eigenvalue weighted by Gasteiger charge is -2.66. The molecule has 0 bridgehead atoms. The molecule has 0 unspecified atom stereocenters. The average Bonchev–Trinajstić information content (AvgIpc) is 3.73. The first-order valence-electron chi connectivity index (χ1n) is 16.4. The Morgan fingerprint density at radius 1 is 0.915 bits per heavy atom. The quantitative estimate of drug-likeness (QED) is 0.232. The molecule has 47 heavy (non-hydrogen) atoms. The van der Waals surface area contributed by atoms with Gasteiger partial charge in [-0.2, -0.15) is 0 Å². The maximum Gasteiger partial charge on any atom is 0.338 e. The lowest BCUT2D eigenvalue weighted by Crippen LogP contribution is -2.72. The van der Waals surface area contributed by atoms with Crippen LogP contribution in [-0.2, 0) is 38.1 Å². The Kier molecular flexibility index (Phi) is 7.46. The standard InChI is InChI=1S/C37H42O10/c1-19-24(23-12-13-42-17-23)14-25-30(19)37(6)26(15-29(40)46-25)36(5)28(45-21(3)39)16-27(44-20(2)38)35(4)18-43-31(32(35)36)33(37)47-34(41)22-10-8-7-9-11-22/h7-13,17,24-28,31-33H,14-16,18H2,1-6H3/t24-,25+,26-,27-,28+,31-,32+,33-,35-,36+,37-/m1/s1. The summed E-state index contributed by atoms with van der Waals surface area (Å²) in [7, 11) is 0. The Hall–Kier alpha value is -3.92. The molecule has 10 heteroatoms. The number of ether oxygens (including phenoxy) is 5. The molecule has 11 atom stereocenters. The van der Waals surface area contributed by atoms with E-state index >= 15 is 0 Å². The molecule has 0 radical (unpaired) electrons. The molecule has 2 saturated heterocycles. The van der Waals surface area contributed by atoms with Crippen molar-refractivity contribution >= 4 is 23.9 Å². The molecule has 5 aliphatic rings. The van der Waals surface area contributed by atoms with Gasteiger partial charge in [0, 0.05) is 54.8 Å². The lowest BCUT2D eigenvalue weighted by atomic mass is 9.39. The monoisotopic (exact) mass is 646 g/mol. The van der Waals surface area contributed by atoms with Crippen molar-refractivity contribution in [3.05, 3.63) is 71.2 Å². The van der Waals surface area contributed by atoms with Crippen molar-refractivity contribution in [2.45, 2.75) is 97.2 Å². The van der Waals surface area contributed by atoms with Crippen LogP contribution in [0.25, 0.3) is 0 Å². The molecule has 3 heterocycles. The minimum Gasteiger partial charge on any atom is -0.472 e. The van der Waals surface area contributed by atoms with E-state index in [9.17, 15) is 19.2 Å². The summed E-state index contributed by atoms with van der Waals surface area (Å²) in [6, 6.07) is 10.7. The Morgan fingerprint density at radius 3 is 2.28 bits per heavy atom. The van der Waals surface area contributed by atoms with Crippen LogP contribution in [0.4, 0.5) is 0 Å². The number of carbonyl (C=O) groups excluding carboxylic acids is 4. The van der Waals surface area contributed by atoms with Crippen LogP contribution in [0.1, 0.15) is 82.6 Å². The van der Waals surface area contributed by atoms with Crippen LogP contribution in [0, 0.1) is 28.1 Å². The highest BCUT2D eigenvalue weighted by atomic mass is 16.6. The second-order valence-corrected chi connectivity index (χ2v) is 14.7. The van der Waals surface area contributed by atoms with Gasteiger partial charge in [0.2, 0.25) is 0 Å². The summed E-state index contributed by atoms with van der Waals surface area (Å²) in [6.07, 6.45) is 0.699. The molecule has 7 rings (SSSR count). The number of benzene rings is 1. The SMILES string of the molecule is CC(=O)O[C@H]1C[C@@H](OC(C)=O)[C@@]2(C)CO[C@H]3[C@@H](OC(=O)c4ccccc4)[C@@]4(C)C5=C(C)[C@H](c6ccoc6)C[C@@H]5OC(=O)C[C@@H]4[C@]1(C)[C@@H]32. The number of furan rings is 1. The van der Waals surface area contributed by atoms with Crippen molar-refractivity contribution in [1.82, 2.24) is 0 Å². The number of carbonyl (C=O) groups is 4. The van der Waals surface area contributed by atoms with Crippen molar-refractivity contribution < 1.29 is 47.3 Å². The Labute approximate surface area is 274 Å². The van der Waals surface area contributed by atoms with Gasteiger partial charge in [0.25, 0.3) is 0 Å². The Morgan fingerprint density at radius 2 is 1.62 bits per heavy atom. The smallest absolute Gasteiger partial charge is 0.338 e. The predicted molar refractivity (Wildman–Crippen MR) is 166 cm³/mol. The largest absolute Gasteiger partial charge is 0.472 e. The molecule has 0 spiro atoms. The average molecular weight is 647 g/mol. The van der Waals surface area contributed by atoms with Crippen molar-refractivity contribution in [1.29, 1.82) is 0 Å². The fourth-order valence-corrected chi connectivity index (χ4v) is 10.5. The number of esters is 4. The van der Waals surface area contributed by atoms with Gasteiger partial charge >= 0.3 is 23.9 Å². The predicted octanol–water partition coefficient (Wildman–Crippen LogP) is 5.56. The van der Waals surface area contributed by atoms with Gasteiger partial charge in [-0.25, -0.2) is 4.79 Å². The highest BCUT2D eigenvalue weighted by molar-refractivity contribution is 5.89. The van der Waals surface area contributed by atoms with E-state index in [1.165, 1.54) is 13.8 Å². The van der Waals surface area contributed by atoms with Crippen LogP contribution in [0.15, 0.2) is 64.5 Å². The van der Waals surface area contributed by atoms with Crippen LogP contribution in [0.2, 0.25) is 0 Å². The van der Waals surface area contributed by atoms with Gasteiger partial charge in [-0.15, -0.1) is 0 Å². The second-order valence-electron chi connectivity index (χ2n) is 14.7. The van der Waals surface area contributed by atoms with Gasteiger partial charge in [-0.1, -0.05) is 44.5 Å². The third-order valence-electron chi connectivity index (χ3n) is 12.3. The van der Waals surface area contributed by atoms with E-state index in [4.69, 9.17) is 28.1 Å². The van der Waals surface area contributed by atoms with E-state index in [2.05, 4.69) is 20.8 Å². The van der Waals surface area contributed by atoms with E-state index in [-0.39, 0.29) is 31.3 Å². The van der Waals surface area contributed by atoms with E-state index < -0.39 is 76.5 Å². The number of hydrogen-bond donors (Lipinski definition) is 0. The molecule has 2 aliphatic heterocycles. The number of rotatable bonds is 5. The van der Waals surface area contributed by atoms with E-state index in [1.807, 2.05) is 19.1 Å². The summed E-state index contributed by atoms with van der Waals surface area (Å²) in [5.74, 6) is -2.78. The Bertz CT molecular complexity index is 1630. The van der Waals surface area contributed by atoms with Crippen molar-refractivity contribution in [3.8, 4) is 0 Å². The maximum atomic E-state index is 14.0. The van der Waals surface area contributed by atoms with Crippen molar-refractivity contribution in [3.63, 3.8) is 0 Å². The fraction of sp³-hybridized carbons (Fsp3) is 0.568. The van der Waals surface area contributed by atoms with Crippen LogP contribution >= 0.6 is 0 Å². The minimum atomic E-state index is -0.975. The number of allylic oxidation sites excluding steroid dienone is 1. The van der Waals surface area contributed by atoms with Crippen LogP contribution in [0.3, 0.4) is 0 Å². The van der Waals surface area contributed by atoms with Gasteiger partial charge < -0.3 is 28.1 Å². The Balaban J connectivity index is 1.46. The van der Waals surface area contributed by atoms with E-state index in [1.54, 1.807) is 36.8 Å². The summed E-state index contributed by atoms with van der Waals surface area (Å²) in [4.78, 5) is 53.0. The van der Waals surface area contributed by atoms with Crippen molar-refractivity contribution in [2.24, 2.45) is 28.1 Å². The molecular formula is C37H42O10. The molecule has 0 N–H and O–H groups in total. The zero-order valence-electron chi connectivity index (χ0n) is 27.6. The zero-order valence-corrected chi connectivity index (χ0v) is 27.6. The molecule has 10 nitrogen and oxygen atoms in total. The molecule has 2 aromatic rings. The van der Waals surface area contributed by atoms with E-state index in [0.29, 0.717) is 12.0 Å². The van der Waals surface area contributed by atoms with Crippen LogP contribution < -0.4 is 0 Å². The summed E-state index contributed by atoms with van der Waals surface area (Å²) in [6.45, 7) is 11.2. The van der Waals surface area contributed by atoms with Gasteiger partial charge in [-0.05, 0) is 48.6 Å². The first kappa shape index (κ1) is 31.7. The van der Waals surface area contributed by atoms with Crippen LogP contribution in [-0.4, -0.2) is 61.0 Å². The third kappa shape index (κ3) is 4.61. The molecule has 0 amide bonds. The lowest BCUT2D eigenvalue weighted by molar-refractivity contribution is -0.253. The molecule has 2 saturated carbocycles. The normalized spacial score (nSPS) is 40.3. The van der Waals surface area contributed by atoms with Gasteiger partial charge in [0.1, 0.15) is 24.4 Å². The number of fused-ring (bicyclic) bond motifs is 4. The third-order valence-corrected chi connectivity index (χ3v) is 12.3. The summed E-state index contributed by atoms with van der Waals surface area (Å²) in [5.41, 5.74) is 0.739. The maximum absolute atomic E-state index is 14.0. The summed E-state index contributed by atoms with van der Waals surface area (Å²) in [5, 5.41) is 0. The molecule has 1 aromatic heterocycles. The summed E-state index contributed by atoms with van der Waals surface area (Å²) < 4.78 is 37.2. The molecule has 3 aliphatic carbocycles. The molecular weight excluding hydrogens is 604 g/mol. The highest BCUT2D eigenvalue weighted by Crippen LogP contribution is 2.72. The fourth-order valence-electron chi connectivity index (χ4n) is 10.5. The molecule has 1 aromatic carbocycles. The van der Waals surface area contributed by atoms with Gasteiger partial charge in [0.15, 0.2) is 0 Å². The minimum absolute atomic E-state index is 0.0192. The van der Waals surface area contributed by atoms with Crippen LogP contribution in [0.5, 0.6) is 0 Å².